The molecule has 4 aliphatic carbocycles. The number of fused-ring (bicyclic) bond motifs is 1. The standard InChI is InChI=1S/C18H21ClO2/c19-16-9-13(18(20)21)3-4-15(16)17-12-2-1-10-5-11(7-12)8-14(17)6-10/h3-4,9-12,14,17H,1-2,5-8H2,(H,20,21). The summed E-state index contributed by atoms with van der Waals surface area (Å²) in [5.41, 5.74) is 1.50. The van der Waals surface area contributed by atoms with Gasteiger partial charge in [-0.25, -0.2) is 4.79 Å². The Morgan fingerprint density at radius 2 is 1.81 bits per heavy atom. The van der Waals surface area contributed by atoms with Crippen LogP contribution in [0.4, 0.5) is 0 Å². The molecule has 5 rings (SSSR count). The Morgan fingerprint density at radius 3 is 2.57 bits per heavy atom. The van der Waals surface area contributed by atoms with Gasteiger partial charge in [0.1, 0.15) is 0 Å². The number of hydrogen-bond acceptors (Lipinski definition) is 1. The molecule has 1 aromatic rings. The highest BCUT2D eigenvalue weighted by Gasteiger charge is 2.46. The summed E-state index contributed by atoms with van der Waals surface area (Å²) < 4.78 is 0. The van der Waals surface area contributed by atoms with Gasteiger partial charge >= 0.3 is 5.97 Å². The van der Waals surface area contributed by atoms with Crippen molar-refractivity contribution < 1.29 is 9.90 Å². The Hall–Kier alpha value is -1.02. The monoisotopic (exact) mass is 304 g/mol. The molecule has 0 aromatic heterocycles. The molecule has 5 atom stereocenters. The van der Waals surface area contributed by atoms with Crippen LogP contribution in [0.3, 0.4) is 0 Å². The molecule has 1 N–H and O–H groups in total. The number of rotatable bonds is 2. The maximum absolute atomic E-state index is 11.1. The number of benzene rings is 1. The van der Waals surface area contributed by atoms with Crippen LogP contribution in [0.15, 0.2) is 18.2 Å². The van der Waals surface area contributed by atoms with Crippen LogP contribution in [0, 0.1) is 23.7 Å². The highest BCUT2D eigenvalue weighted by molar-refractivity contribution is 6.31. The second-order valence-corrected chi connectivity index (χ2v) is 7.75. The van der Waals surface area contributed by atoms with Gasteiger partial charge in [-0.3, -0.25) is 0 Å². The van der Waals surface area contributed by atoms with Crippen molar-refractivity contribution in [3.05, 3.63) is 34.3 Å². The van der Waals surface area contributed by atoms with Gasteiger partial charge in [-0.1, -0.05) is 24.1 Å². The van der Waals surface area contributed by atoms with Crippen LogP contribution in [-0.4, -0.2) is 11.1 Å². The predicted molar refractivity (Wildman–Crippen MR) is 82.8 cm³/mol. The average molecular weight is 305 g/mol. The number of aromatic carboxylic acids is 1. The number of hydrogen-bond donors (Lipinski definition) is 1. The van der Waals surface area contributed by atoms with E-state index in [1.807, 2.05) is 6.07 Å². The lowest BCUT2D eigenvalue weighted by atomic mass is 9.60. The van der Waals surface area contributed by atoms with Gasteiger partial charge in [0.25, 0.3) is 0 Å². The number of halogens is 1. The fraction of sp³-hybridized carbons (Fsp3) is 0.611. The Bertz CT molecular complexity index is 575. The Morgan fingerprint density at radius 1 is 1.05 bits per heavy atom. The molecule has 112 valence electrons. The van der Waals surface area contributed by atoms with E-state index in [-0.39, 0.29) is 0 Å². The summed E-state index contributed by atoms with van der Waals surface area (Å²) >= 11 is 6.46. The highest BCUT2D eigenvalue weighted by atomic mass is 35.5. The van der Waals surface area contributed by atoms with Gasteiger partial charge in [0, 0.05) is 5.02 Å². The third kappa shape index (κ3) is 2.28. The summed E-state index contributed by atoms with van der Waals surface area (Å²) in [5, 5.41) is 9.76. The Labute approximate surface area is 130 Å². The fourth-order valence-electron chi connectivity index (χ4n) is 5.48. The summed E-state index contributed by atoms with van der Waals surface area (Å²) in [5.74, 6) is 3.06. The van der Waals surface area contributed by atoms with Gasteiger partial charge in [0.15, 0.2) is 0 Å². The summed E-state index contributed by atoms with van der Waals surface area (Å²) in [6.45, 7) is 0. The van der Waals surface area contributed by atoms with E-state index in [0.29, 0.717) is 16.5 Å². The molecule has 4 saturated carbocycles. The fourth-order valence-corrected chi connectivity index (χ4v) is 5.79. The van der Waals surface area contributed by atoms with Crippen molar-refractivity contribution in [3.8, 4) is 0 Å². The lowest BCUT2D eigenvalue weighted by Crippen LogP contribution is -2.33. The topological polar surface area (TPSA) is 37.3 Å². The summed E-state index contributed by atoms with van der Waals surface area (Å²) in [7, 11) is 0. The van der Waals surface area contributed by atoms with Gasteiger partial charge < -0.3 is 5.11 Å². The molecule has 4 fully saturated rings. The molecular formula is C18H21ClO2. The zero-order chi connectivity index (χ0) is 14.6. The van der Waals surface area contributed by atoms with Crippen molar-refractivity contribution in [1.29, 1.82) is 0 Å². The van der Waals surface area contributed by atoms with Crippen LogP contribution in [0.5, 0.6) is 0 Å². The predicted octanol–water partition coefficient (Wildman–Crippen LogP) is 4.97. The minimum Gasteiger partial charge on any atom is -0.478 e. The first-order valence-corrected chi connectivity index (χ1v) is 8.52. The van der Waals surface area contributed by atoms with E-state index in [0.717, 1.165) is 23.7 Å². The lowest BCUT2D eigenvalue weighted by molar-refractivity contribution is 0.0697. The second-order valence-electron chi connectivity index (χ2n) is 7.34. The molecule has 0 radical (unpaired) electrons. The summed E-state index contributed by atoms with van der Waals surface area (Å²) in [6.07, 6.45) is 8.24. The maximum atomic E-state index is 11.1. The minimum atomic E-state index is -0.897. The third-order valence-corrected chi connectivity index (χ3v) is 6.47. The minimum absolute atomic E-state index is 0.297. The van der Waals surface area contributed by atoms with Crippen molar-refractivity contribution in [2.45, 2.75) is 44.4 Å². The van der Waals surface area contributed by atoms with Crippen LogP contribution in [0.2, 0.25) is 5.02 Å². The van der Waals surface area contributed by atoms with E-state index in [9.17, 15) is 4.79 Å². The zero-order valence-corrected chi connectivity index (χ0v) is 12.9. The molecule has 2 nitrogen and oxygen atoms in total. The second kappa shape index (κ2) is 5.01. The SMILES string of the molecule is O=C(O)c1ccc(C2C3CCC4CC(C3)CC2C4)c(Cl)c1. The van der Waals surface area contributed by atoms with E-state index in [1.165, 1.54) is 44.1 Å². The molecule has 21 heavy (non-hydrogen) atoms. The summed E-state index contributed by atoms with van der Waals surface area (Å²) in [4.78, 5) is 11.1. The van der Waals surface area contributed by atoms with Gasteiger partial charge in [-0.15, -0.1) is 0 Å². The van der Waals surface area contributed by atoms with Crippen LogP contribution in [0.1, 0.15) is 60.4 Å². The maximum Gasteiger partial charge on any atom is 0.335 e. The van der Waals surface area contributed by atoms with Crippen molar-refractivity contribution in [3.63, 3.8) is 0 Å². The quantitative estimate of drug-likeness (QED) is 0.837. The van der Waals surface area contributed by atoms with E-state index in [2.05, 4.69) is 0 Å². The molecule has 0 heterocycles. The Kier molecular flexibility index (Phi) is 3.25. The molecule has 4 bridgehead atoms. The molecule has 0 saturated heterocycles. The zero-order valence-electron chi connectivity index (χ0n) is 12.1. The van der Waals surface area contributed by atoms with Gasteiger partial charge in [0.2, 0.25) is 0 Å². The summed E-state index contributed by atoms with van der Waals surface area (Å²) in [6, 6.07) is 5.35. The molecule has 3 heteroatoms. The first-order valence-electron chi connectivity index (χ1n) is 8.14. The molecule has 5 unspecified atom stereocenters. The number of carboxylic acid groups (broad SMARTS) is 1. The molecule has 0 aliphatic heterocycles. The molecule has 0 amide bonds. The highest BCUT2D eigenvalue weighted by Crippen LogP contribution is 2.58. The Balaban J connectivity index is 1.71. The van der Waals surface area contributed by atoms with Crippen LogP contribution in [0.25, 0.3) is 0 Å². The van der Waals surface area contributed by atoms with Gasteiger partial charge in [-0.05, 0) is 79.4 Å². The van der Waals surface area contributed by atoms with E-state index >= 15 is 0 Å². The van der Waals surface area contributed by atoms with E-state index in [4.69, 9.17) is 16.7 Å². The molecule has 4 aliphatic rings. The number of carbonyl (C=O) groups is 1. The molecule has 1 aromatic carbocycles. The van der Waals surface area contributed by atoms with Crippen molar-refractivity contribution in [2.24, 2.45) is 23.7 Å². The third-order valence-electron chi connectivity index (χ3n) is 6.14. The first-order chi connectivity index (χ1) is 10.1. The normalized spacial score (nSPS) is 37.5. The van der Waals surface area contributed by atoms with Crippen LogP contribution < -0.4 is 0 Å². The van der Waals surface area contributed by atoms with Crippen molar-refractivity contribution in [1.82, 2.24) is 0 Å². The first kappa shape index (κ1) is 13.6. The number of carboxylic acids is 1. The van der Waals surface area contributed by atoms with Crippen LogP contribution >= 0.6 is 11.6 Å². The largest absolute Gasteiger partial charge is 0.478 e. The van der Waals surface area contributed by atoms with Crippen molar-refractivity contribution in [2.75, 3.05) is 0 Å². The lowest BCUT2D eigenvalue weighted by Gasteiger charge is -2.45. The molecule has 0 spiro atoms. The van der Waals surface area contributed by atoms with Crippen molar-refractivity contribution >= 4 is 17.6 Å². The smallest absolute Gasteiger partial charge is 0.335 e. The van der Waals surface area contributed by atoms with Gasteiger partial charge in [0.05, 0.1) is 5.56 Å². The average Bonchev–Trinajstić information content (AvgIpc) is 2.66. The van der Waals surface area contributed by atoms with Gasteiger partial charge in [-0.2, -0.15) is 0 Å². The van der Waals surface area contributed by atoms with Crippen LogP contribution in [-0.2, 0) is 0 Å². The van der Waals surface area contributed by atoms with E-state index < -0.39 is 5.97 Å². The van der Waals surface area contributed by atoms with E-state index in [1.54, 1.807) is 12.1 Å². The molecular weight excluding hydrogens is 284 g/mol.